The number of nitrogens with zero attached hydrogens (tertiary/aromatic N) is 2. The molecule has 0 spiro atoms. The van der Waals surface area contributed by atoms with Gasteiger partial charge >= 0.3 is 0 Å². The largest absolute Gasteiger partial charge is 0.496 e. The van der Waals surface area contributed by atoms with Crippen molar-refractivity contribution in [3.63, 3.8) is 0 Å². The van der Waals surface area contributed by atoms with Crippen LogP contribution >= 0.6 is 0 Å². The number of piperidine rings is 1. The van der Waals surface area contributed by atoms with Gasteiger partial charge < -0.3 is 9.64 Å². The van der Waals surface area contributed by atoms with E-state index in [-0.39, 0.29) is 11.5 Å². The van der Waals surface area contributed by atoms with Gasteiger partial charge in [0.15, 0.2) is 0 Å². The second-order valence-corrected chi connectivity index (χ2v) is 6.18. The molecule has 1 aromatic rings. The smallest absolute Gasteiger partial charge is 0.264 e. The average Bonchev–Trinajstić information content (AvgIpc) is 2.59. The molecule has 1 aliphatic rings. The van der Waals surface area contributed by atoms with Gasteiger partial charge in [0, 0.05) is 13.1 Å². The molecule has 23 heavy (non-hydrogen) atoms. The van der Waals surface area contributed by atoms with Crippen LogP contribution in [0.3, 0.4) is 0 Å². The second-order valence-electron chi connectivity index (χ2n) is 6.18. The maximum Gasteiger partial charge on any atom is 0.264 e. The van der Waals surface area contributed by atoms with Gasteiger partial charge in [-0.15, -0.1) is 0 Å². The first-order valence-electron chi connectivity index (χ1n) is 8.15. The molecule has 1 heterocycles. The summed E-state index contributed by atoms with van der Waals surface area (Å²) in [7, 11) is 1.65. The molecular formula is C19H24N2O2. The van der Waals surface area contributed by atoms with Crippen LogP contribution in [0.1, 0.15) is 50.2 Å². The lowest BCUT2D eigenvalue weighted by Crippen LogP contribution is -2.36. The lowest BCUT2D eigenvalue weighted by atomic mass is 9.98. The van der Waals surface area contributed by atoms with Crippen molar-refractivity contribution in [2.24, 2.45) is 0 Å². The Kier molecular flexibility index (Phi) is 5.81. The van der Waals surface area contributed by atoms with Gasteiger partial charge in [0.25, 0.3) is 5.91 Å². The molecule has 122 valence electrons. The van der Waals surface area contributed by atoms with Gasteiger partial charge in [-0.2, -0.15) is 5.26 Å². The van der Waals surface area contributed by atoms with Crippen LogP contribution in [-0.2, 0) is 4.79 Å². The topological polar surface area (TPSA) is 53.3 Å². The number of methoxy groups -OCH3 is 1. The quantitative estimate of drug-likeness (QED) is 0.628. The minimum Gasteiger partial charge on any atom is -0.496 e. The molecule has 0 bridgehead atoms. The van der Waals surface area contributed by atoms with Crippen molar-refractivity contribution in [3.05, 3.63) is 34.9 Å². The molecular weight excluding hydrogens is 288 g/mol. The molecule has 2 rings (SSSR count). The molecule has 1 aromatic carbocycles. The third kappa shape index (κ3) is 4.13. The summed E-state index contributed by atoms with van der Waals surface area (Å²) >= 11 is 0. The van der Waals surface area contributed by atoms with Crippen LogP contribution in [0, 0.1) is 11.3 Å². The van der Waals surface area contributed by atoms with E-state index >= 15 is 0 Å². The zero-order valence-electron chi connectivity index (χ0n) is 14.1. The van der Waals surface area contributed by atoms with E-state index in [1.165, 1.54) is 0 Å². The van der Waals surface area contributed by atoms with Crippen LogP contribution in [0.25, 0.3) is 6.08 Å². The highest BCUT2D eigenvalue weighted by Gasteiger charge is 2.20. The number of likely N-dealkylation sites (tertiary alicyclic amines) is 1. The molecule has 0 N–H and O–H groups in total. The standard InChI is InChI=1S/C19H24N2O2/c1-14(2)17-12-15(7-8-18(17)23-3)11-16(13-20)19(22)21-9-5-4-6-10-21/h7-8,11-12,14H,4-6,9-10H2,1-3H3/b16-11+. The third-order valence-corrected chi connectivity index (χ3v) is 4.18. The van der Waals surface area contributed by atoms with Crippen molar-refractivity contribution >= 4 is 12.0 Å². The van der Waals surface area contributed by atoms with E-state index in [1.807, 2.05) is 18.2 Å². The van der Waals surface area contributed by atoms with Crippen molar-refractivity contribution in [1.29, 1.82) is 5.26 Å². The van der Waals surface area contributed by atoms with Gasteiger partial charge in [-0.1, -0.05) is 19.9 Å². The molecule has 0 aliphatic carbocycles. The number of hydrogen-bond acceptors (Lipinski definition) is 3. The van der Waals surface area contributed by atoms with Crippen molar-refractivity contribution in [2.75, 3.05) is 20.2 Å². The highest BCUT2D eigenvalue weighted by atomic mass is 16.5. The molecule has 1 saturated heterocycles. The fraction of sp³-hybridized carbons (Fsp3) is 0.474. The second kappa shape index (κ2) is 7.82. The average molecular weight is 312 g/mol. The summed E-state index contributed by atoms with van der Waals surface area (Å²) in [5.74, 6) is 0.980. The molecule has 0 atom stereocenters. The summed E-state index contributed by atoms with van der Waals surface area (Å²) < 4.78 is 5.37. The molecule has 0 unspecified atom stereocenters. The molecule has 4 nitrogen and oxygen atoms in total. The maximum absolute atomic E-state index is 12.5. The summed E-state index contributed by atoms with van der Waals surface area (Å²) in [5, 5.41) is 9.38. The number of carbonyl (C=O) groups is 1. The Bertz CT molecular complexity index is 635. The fourth-order valence-corrected chi connectivity index (χ4v) is 2.87. The first-order valence-corrected chi connectivity index (χ1v) is 8.15. The molecule has 4 heteroatoms. The molecule has 1 fully saturated rings. The van der Waals surface area contributed by atoms with E-state index < -0.39 is 0 Å². The van der Waals surface area contributed by atoms with Crippen molar-refractivity contribution in [3.8, 4) is 11.8 Å². The Morgan fingerprint density at radius 1 is 1.30 bits per heavy atom. The number of rotatable bonds is 4. The van der Waals surface area contributed by atoms with Gasteiger partial charge in [0.2, 0.25) is 0 Å². The minimum absolute atomic E-state index is 0.158. The van der Waals surface area contributed by atoms with Gasteiger partial charge in [0.1, 0.15) is 17.4 Å². The first kappa shape index (κ1) is 17.1. The van der Waals surface area contributed by atoms with Crippen LogP contribution in [0.2, 0.25) is 0 Å². The Hall–Kier alpha value is -2.28. The Morgan fingerprint density at radius 2 is 2.00 bits per heavy atom. The van der Waals surface area contributed by atoms with Crippen molar-refractivity contribution in [1.82, 2.24) is 4.90 Å². The Balaban J connectivity index is 2.29. The lowest BCUT2D eigenvalue weighted by molar-refractivity contribution is -0.127. The van der Waals surface area contributed by atoms with Crippen LogP contribution in [-0.4, -0.2) is 31.0 Å². The Labute approximate surface area is 138 Å². The van der Waals surface area contributed by atoms with Crippen LogP contribution < -0.4 is 4.74 Å². The van der Waals surface area contributed by atoms with Crippen molar-refractivity contribution in [2.45, 2.75) is 39.0 Å². The van der Waals surface area contributed by atoms with E-state index in [0.717, 1.165) is 49.2 Å². The molecule has 0 radical (unpaired) electrons. The van der Waals surface area contributed by atoms with Gasteiger partial charge in [-0.05, 0) is 54.5 Å². The molecule has 0 aromatic heterocycles. The summed E-state index contributed by atoms with van der Waals surface area (Å²) in [4.78, 5) is 14.3. The molecule has 0 saturated carbocycles. The molecule has 1 amide bonds. The number of ether oxygens (including phenoxy) is 1. The van der Waals surface area contributed by atoms with E-state index in [4.69, 9.17) is 4.74 Å². The first-order chi connectivity index (χ1) is 11.1. The number of amides is 1. The van der Waals surface area contributed by atoms with Crippen LogP contribution in [0.5, 0.6) is 5.75 Å². The summed E-state index contributed by atoms with van der Waals surface area (Å²) in [6.07, 6.45) is 4.88. The number of nitriles is 1. The third-order valence-electron chi connectivity index (χ3n) is 4.18. The lowest BCUT2D eigenvalue weighted by Gasteiger charge is -2.26. The summed E-state index contributed by atoms with van der Waals surface area (Å²) in [6.45, 7) is 5.68. The van der Waals surface area contributed by atoms with Crippen LogP contribution in [0.15, 0.2) is 23.8 Å². The minimum atomic E-state index is -0.158. The molecule has 1 aliphatic heterocycles. The number of hydrogen-bond donors (Lipinski definition) is 0. The highest BCUT2D eigenvalue weighted by molar-refractivity contribution is 6.01. The maximum atomic E-state index is 12.5. The van der Waals surface area contributed by atoms with E-state index in [1.54, 1.807) is 18.1 Å². The van der Waals surface area contributed by atoms with Crippen molar-refractivity contribution < 1.29 is 9.53 Å². The van der Waals surface area contributed by atoms with E-state index in [2.05, 4.69) is 19.9 Å². The zero-order valence-corrected chi connectivity index (χ0v) is 14.1. The summed E-state index contributed by atoms with van der Waals surface area (Å²) in [6, 6.07) is 7.82. The fourth-order valence-electron chi connectivity index (χ4n) is 2.87. The van der Waals surface area contributed by atoms with Gasteiger partial charge in [-0.25, -0.2) is 0 Å². The SMILES string of the molecule is COc1ccc(/C=C(\C#N)C(=O)N2CCCCC2)cc1C(C)C. The van der Waals surface area contributed by atoms with Gasteiger partial charge in [-0.3, -0.25) is 4.79 Å². The number of benzene rings is 1. The Morgan fingerprint density at radius 3 is 2.57 bits per heavy atom. The van der Waals surface area contributed by atoms with E-state index in [0.29, 0.717) is 5.92 Å². The van der Waals surface area contributed by atoms with Crippen LogP contribution in [0.4, 0.5) is 0 Å². The highest BCUT2D eigenvalue weighted by Crippen LogP contribution is 2.28. The monoisotopic (exact) mass is 312 g/mol. The zero-order chi connectivity index (χ0) is 16.8. The normalized spacial score (nSPS) is 15.4. The van der Waals surface area contributed by atoms with Gasteiger partial charge in [0.05, 0.1) is 7.11 Å². The predicted octanol–water partition coefficient (Wildman–Crippen LogP) is 3.74. The predicted molar refractivity (Wildman–Crippen MR) is 91.1 cm³/mol. The van der Waals surface area contributed by atoms with E-state index in [9.17, 15) is 10.1 Å². The number of carbonyl (C=O) groups excluding carboxylic acids is 1. The summed E-state index contributed by atoms with van der Waals surface area (Å²) in [5.41, 5.74) is 2.13.